The number of benzene rings is 1. The third-order valence-corrected chi connectivity index (χ3v) is 5.32. The van der Waals surface area contributed by atoms with E-state index in [1.54, 1.807) is 0 Å². The Hall–Kier alpha value is -1.89. The molecule has 1 aromatic heterocycles. The van der Waals surface area contributed by atoms with Crippen molar-refractivity contribution in [3.05, 3.63) is 46.6 Å². The van der Waals surface area contributed by atoms with Crippen LogP contribution in [0.1, 0.15) is 24.1 Å². The summed E-state index contributed by atoms with van der Waals surface area (Å²) in [6.45, 7) is 5.91. The summed E-state index contributed by atoms with van der Waals surface area (Å²) >= 11 is 6.04. The first kappa shape index (κ1) is 18.5. The van der Waals surface area contributed by atoms with Gasteiger partial charge in [-0.15, -0.1) is 0 Å². The number of halogens is 1. The van der Waals surface area contributed by atoms with Crippen LogP contribution in [0.5, 0.6) is 0 Å². The smallest absolute Gasteiger partial charge is 0.224 e. The van der Waals surface area contributed by atoms with Crippen molar-refractivity contribution in [1.82, 2.24) is 9.97 Å². The molecular formula is C20H25ClN4O2. The quantitative estimate of drug-likeness (QED) is 0.846. The number of hydrogen-bond donors (Lipinski definition) is 1. The van der Waals surface area contributed by atoms with Gasteiger partial charge in [-0.3, -0.25) is 0 Å². The predicted octanol–water partition coefficient (Wildman–Crippen LogP) is 3.44. The molecule has 0 radical (unpaired) electrons. The maximum Gasteiger partial charge on any atom is 0.224 e. The Kier molecular flexibility index (Phi) is 5.48. The van der Waals surface area contributed by atoms with E-state index in [0.29, 0.717) is 19.2 Å². The standard InChI is InChI=1S/C20H25ClN4O2/c1-15-13-18(25-9-6-20(7-10-25)26-11-12-27-20)24-19(23-15)22-8-5-16-3-2-4-17(21)14-16/h2-4,13-14H,5-12H2,1H3,(H,22,23,24). The predicted molar refractivity (Wildman–Crippen MR) is 106 cm³/mol. The molecule has 144 valence electrons. The monoisotopic (exact) mass is 388 g/mol. The number of nitrogens with zero attached hydrogens (tertiary/aromatic N) is 3. The van der Waals surface area contributed by atoms with Crippen molar-refractivity contribution in [3.63, 3.8) is 0 Å². The average Bonchev–Trinajstić information content (AvgIpc) is 3.10. The van der Waals surface area contributed by atoms with Gasteiger partial charge in [-0.1, -0.05) is 23.7 Å². The van der Waals surface area contributed by atoms with Gasteiger partial charge in [-0.05, 0) is 31.0 Å². The van der Waals surface area contributed by atoms with Gasteiger partial charge in [0.25, 0.3) is 0 Å². The van der Waals surface area contributed by atoms with E-state index in [0.717, 1.165) is 55.4 Å². The summed E-state index contributed by atoms with van der Waals surface area (Å²) in [6, 6.07) is 9.96. The number of hydrogen-bond acceptors (Lipinski definition) is 6. The van der Waals surface area contributed by atoms with Crippen LogP contribution in [0.15, 0.2) is 30.3 Å². The minimum atomic E-state index is -0.364. The first-order valence-corrected chi connectivity index (χ1v) is 9.87. The van der Waals surface area contributed by atoms with Crippen molar-refractivity contribution in [2.75, 3.05) is 43.1 Å². The highest BCUT2D eigenvalue weighted by Crippen LogP contribution is 2.33. The third-order valence-electron chi connectivity index (χ3n) is 5.09. The molecule has 0 saturated carbocycles. The lowest BCUT2D eigenvalue weighted by Crippen LogP contribution is -2.45. The van der Waals surface area contributed by atoms with E-state index in [1.807, 2.05) is 31.2 Å². The van der Waals surface area contributed by atoms with Crippen LogP contribution < -0.4 is 10.2 Å². The Morgan fingerprint density at radius 1 is 1.15 bits per heavy atom. The molecule has 1 spiro atoms. The van der Waals surface area contributed by atoms with Gasteiger partial charge >= 0.3 is 0 Å². The van der Waals surface area contributed by atoms with Gasteiger partial charge in [0.15, 0.2) is 5.79 Å². The highest BCUT2D eigenvalue weighted by molar-refractivity contribution is 6.30. The van der Waals surface area contributed by atoms with Gasteiger partial charge < -0.3 is 19.7 Å². The Labute approximate surface area is 164 Å². The summed E-state index contributed by atoms with van der Waals surface area (Å²) in [7, 11) is 0. The zero-order chi connectivity index (χ0) is 18.7. The number of piperidine rings is 1. The number of nitrogens with one attached hydrogen (secondary N) is 1. The minimum absolute atomic E-state index is 0.364. The lowest BCUT2D eigenvalue weighted by atomic mass is 10.0. The molecule has 0 atom stereocenters. The molecular weight excluding hydrogens is 364 g/mol. The average molecular weight is 389 g/mol. The van der Waals surface area contributed by atoms with E-state index >= 15 is 0 Å². The van der Waals surface area contributed by atoms with Crippen LogP contribution in [0.25, 0.3) is 0 Å². The Morgan fingerprint density at radius 3 is 2.67 bits per heavy atom. The van der Waals surface area contributed by atoms with Crippen molar-refractivity contribution in [2.24, 2.45) is 0 Å². The van der Waals surface area contributed by atoms with Gasteiger partial charge in [0.2, 0.25) is 5.95 Å². The van der Waals surface area contributed by atoms with Gasteiger partial charge in [-0.25, -0.2) is 4.98 Å². The second-order valence-corrected chi connectivity index (χ2v) is 7.53. The van der Waals surface area contributed by atoms with Crippen LogP contribution in [0, 0.1) is 6.92 Å². The van der Waals surface area contributed by atoms with Crippen LogP contribution >= 0.6 is 11.6 Å². The number of aryl methyl sites for hydroxylation is 1. The molecule has 2 aromatic rings. The molecule has 1 aromatic carbocycles. The number of aromatic nitrogens is 2. The van der Waals surface area contributed by atoms with Crippen LogP contribution in [-0.4, -0.2) is 48.6 Å². The second-order valence-electron chi connectivity index (χ2n) is 7.09. The van der Waals surface area contributed by atoms with E-state index in [4.69, 9.17) is 26.1 Å². The maximum atomic E-state index is 6.04. The number of rotatable bonds is 5. The van der Waals surface area contributed by atoms with Crippen LogP contribution in [0.4, 0.5) is 11.8 Å². The fourth-order valence-corrected chi connectivity index (χ4v) is 3.88. The third kappa shape index (κ3) is 4.51. The number of ether oxygens (including phenoxy) is 2. The van der Waals surface area contributed by atoms with Crippen LogP contribution in [0.3, 0.4) is 0 Å². The SMILES string of the molecule is Cc1cc(N2CCC3(CC2)OCCO3)nc(NCCc2cccc(Cl)c2)n1. The first-order chi connectivity index (χ1) is 13.1. The highest BCUT2D eigenvalue weighted by Gasteiger charge is 2.40. The molecule has 2 fully saturated rings. The Bertz CT molecular complexity index is 785. The summed E-state index contributed by atoms with van der Waals surface area (Å²) < 4.78 is 11.6. The summed E-state index contributed by atoms with van der Waals surface area (Å²) in [4.78, 5) is 11.5. The molecule has 3 heterocycles. The molecule has 2 aliphatic heterocycles. The van der Waals surface area contributed by atoms with E-state index < -0.39 is 0 Å². The summed E-state index contributed by atoms with van der Waals surface area (Å²) in [5.41, 5.74) is 2.15. The molecule has 4 rings (SSSR count). The fraction of sp³-hybridized carbons (Fsp3) is 0.500. The lowest BCUT2D eigenvalue weighted by Gasteiger charge is -2.38. The van der Waals surface area contributed by atoms with E-state index in [9.17, 15) is 0 Å². The molecule has 0 amide bonds. The topological polar surface area (TPSA) is 59.5 Å². The number of anilines is 2. The fourth-order valence-electron chi connectivity index (χ4n) is 3.67. The van der Waals surface area contributed by atoms with Crippen molar-refractivity contribution in [2.45, 2.75) is 32.0 Å². The summed E-state index contributed by atoms with van der Waals surface area (Å²) in [5.74, 6) is 1.26. The molecule has 1 N–H and O–H groups in total. The molecule has 27 heavy (non-hydrogen) atoms. The molecule has 6 nitrogen and oxygen atoms in total. The van der Waals surface area contributed by atoms with Crippen LogP contribution in [0.2, 0.25) is 5.02 Å². The van der Waals surface area contributed by atoms with Gasteiger partial charge in [0.05, 0.1) is 13.2 Å². The minimum Gasteiger partial charge on any atom is -0.356 e. The molecule has 2 aliphatic rings. The first-order valence-electron chi connectivity index (χ1n) is 9.49. The molecule has 0 unspecified atom stereocenters. The van der Waals surface area contributed by atoms with Gasteiger partial charge in [0, 0.05) is 49.3 Å². The second kappa shape index (κ2) is 8.00. The van der Waals surface area contributed by atoms with E-state index in [2.05, 4.69) is 21.3 Å². The van der Waals surface area contributed by atoms with Gasteiger partial charge in [0.1, 0.15) is 5.82 Å². The summed E-state index contributed by atoms with van der Waals surface area (Å²) in [5, 5.41) is 4.10. The van der Waals surface area contributed by atoms with Crippen molar-refractivity contribution in [3.8, 4) is 0 Å². The van der Waals surface area contributed by atoms with E-state index in [1.165, 1.54) is 5.56 Å². The highest BCUT2D eigenvalue weighted by atomic mass is 35.5. The van der Waals surface area contributed by atoms with Crippen molar-refractivity contribution >= 4 is 23.4 Å². The molecule has 0 bridgehead atoms. The Morgan fingerprint density at radius 2 is 1.93 bits per heavy atom. The van der Waals surface area contributed by atoms with Crippen molar-refractivity contribution < 1.29 is 9.47 Å². The zero-order valence-electron chi connectivity index (χ0n) is 15.6. The maximum absolute atomic E-state index is 6.04. The largest absolute Gasteiger partial charge is 0.356 e. The van der Waals surface area contributed by atoms with E-state index in [-0.39, 0.29) is 5.79 Å². The van der Waals surface area contributed by atoms with Crippen molar-refractivity contribution in [1.29, 1.82) is 0 Å². The summed E-state index contributed by atoms with van der Waals surface area (Å²) in [6.07, 6.45) is 2.61. The lowest BCUT2D eigenvalue weighted by molar-refractivity contribution is -0.169. The normalized spacial score (nSPS) is 18.8. The molecule has 2 saturated heterocycles. The molecule has 0 aliphatic carbocycles. The van der Waals surface area contributed by atoms with Crippen LogP contribution in [-0.2, 0) is 15.9 Å². The molecule has 7 heteroatoms. The Balaban J connectivity index is 1.36. The van der Waals surface area contributed by atoms with Gasteiger partial charge in [-0.2, -0.15) is 4.98 Å². The zero-order valence-corrected chi connectivity index (χ0v) is 16.3.